The van der Waals surface area contributed by atoms with Crippen molar-refractivity contribution in [2.24, 2.45) is 5.41 Å². The van der Waals surface area contributed by atoms with Crippen molar-refractivity contribution >= 4 is 34.9 Å². The van der Waals surface area contributed by atoms with Crippen LogP contribution in [0.3, 0.4) is 0 Å². The maximum atomic E-state index is 15.3. The van der Waals surface area contributed by atoms with Crippen molar-refractivity contribution in [3.05, 3.63) is 63.4 Å². The number of carboxylic acids is 1. The number of benzene rings is 2. The summed E-state index contributed by atoms with van der Waals surface area (Å²) in [6.07, 6.45) is 3.30. The molecule has 2 aliphatic rings. The summed E-state index contributed by atoms with van der Waals surface area (Å²) in [5.74, 6) is -2.71. The topological polar surface area (TPSA) is 81.6 Å². The van der Waals surface area contributed by atoms with Gasteiger partial charge in [-0.05, 0) is 60.4 Å². The van der Waals surface area contributed by atoms with Crippen LogP contribution in [-0.2, 0) is 4.79 Å². The highest BCUT2D eigenvalue weighted by Crippen LogP contribution is 2.58. The molecule has 1 saturated heterocycles. The van der Waals surface area contributed by atoms with Gasteiger partial charge in [0.2, 0.25) is 0 Å². The van der Waals surface area contributed by atoms with Gasteiger partial charge in [-0.15, -0.1) is 0 Å². The van der Waals surface area contributed by atoms with E-state index in [0.29, 0.717) is 10.7 Å². The Kier molecular flexibility index (Phi) is 6.67. The SMILES string of the molecule is CC1(C)CCC2(CC1)N[C@@H](C(=O)O)[C@H](c1cccc(Cl)c1F)C2c1ccc(Cl)cc1NCO. The molecular formula is C25H29Cl2FN2O3. The Hall–Kier alpha value is -1.86. The van der Waals surface area contributed by atoms with E-state index in [0.717, 1.165) is 31.2 Å². The van der Waals surface area contributed by atoms with Gasteiger partial charge in [0.25, 0.3) is 0 Å². The molecule has 2 fully saturated rings. The molecule has 178 valence electrons. The van der Waals surface area contributed by atoms with E-state index in [9.17, 15) is 15.0 Å². The smallest absolute Gasteiger partial charge is 0.321 e. The van der Waals surface area contributed by atoms with Crippen LogP contribution in [0.2, 0.25) is 10.0 Å². The lowest BCUT2D eigenvalue weighted by Crippen LogP contribution is -2.51. The number of carboxylic acid groups (broad SMARTS) is 1. The van der Waals surface area contributed by atoms with Crippen molar-refractivity contribution in [3.63, 3.8) is 0 Å². The zero-order chi connectivity index (χ0) is 24.0. The average Bonchev–Trinajstić information content (AvgIpc) is 3.08. The second kappa shape index (κ2) is 9.06. The first-order valence-electron chi connectivity index (χ1n) is 11.2. The van der Waals surface area contributed by atoms with Gasteiger partial charge < -0.3 is 15.5 Å². The van der Waals surface area contributed by atoms with Gasteiger partial charge in [0.1, 0.15) is 18.6 Å². The number of nitrogens with one attached hydrogen (secondary N) is 2. The van der Waals surface area contributed by atoms with Crippen LogP contribution in [0.25, 0.3) is 0 Å². The summed E-state index contributed by atoms with van der Waals surface area (Å²) in [7, 11) is 0. The lowest BCUT2D eigenvalue weighted by Gasteiger charge is -2.46. The van der Waals surface area contributed by atoms with Crippen LogP contribution in [0, 0.1) is 11.2 Å². The predicted octanol–water partition coefficient (Wildman–Crippen LogP) is 5.76. The van der Waals surface area contributed by atoms with Crippen LogP contribution in [0.15, 0.2) is 36.4 Å². The molecule has 1 aliphatic heterocycles. The normalized spacial score (nSPS) is 25.8. The standard InChI is InChI=1S/C25H29Cl2FN2O3/c1-24(2)8-10-25(11-9-24)20(15-7-6-14(26)12-18(15)29-13-31)19(22(30-25)23(32)33)16-4-3-5-17(27)21(16)28/h3-7,12,19-20,22,29-31H,8-11,13H2,1-2H3,(H,32,33)/t19-,20?,22-/m1/s1. The van der Waals surface area contributed by atoms with Gasteiger partial charge >= 0.3 is 5.97 Å². The van der Waals surface area contributed by atoms with Crippen LogP contribution in [-0.4, -0.2) is 34.5 Å². The van der Waals surface area contributed by atoms with Crippen molar-refractivity contribution < 1.29 is 19.4 Å². The average molecular weight is 495 g/mol. The molecule has 0 bridgehead atoms. The molecule has 33 heavy (non-hydrogen) atoms. The summed E-state index contributed by atoms with van der Waals surface area (Å²) in [6, 6.07) is 9.06. The fourth-order valence-electron chi connectivity index (χ4n) is 5.74. The van der Waals surface area contributed by atoms with Gasteiger partial charge in [-0.2, -0.15) is 0 Å². The Labute approximate surface area is 203 Å². The minimum Gasteiger partial charge on any atom is -0.480 e. The summed E-state index contributed by atoms with van der Waals surface area (Å²) in [4.78, 5) is 12.5. The Morgan fingerprint density at radius 1 is 1.15 bits per heavy atom. The van der Waals surface area contributed by atoms with Crippen LogP contribution < -0.4 is 10.6 Å². The number of aliphatic carboxylic acids is 1. The highest BCUT2D eigenvalue weighted by molar-refractivity contribution is 6.31. The molecule has 5 nitrogen and oxygen atoms in total. The van der Waals surface area contributed by atoms with Crippen molar-refractivity contribution in [3.8, 4) is 0 Å². The van der Waals surface area contributed by atoms with Crippen molar-refractivity contribution in [1.82, 2.24) is 5.32 Å². The Bertz CT molecular complexity index is 1050. The molecule has 4 N–H and O–H groups in total. The number of rotatable bonds is 5. The van der Waals surface area contributed by atoms with E-state index in [1.54, 1.807) is 24.3 Å². The molecule has 0 aromatic heterocycles. The molecule has 4 rings (SSSR count). The first-order chi connectivity index (χ1) is 15.6. The van der Waals surface area contributed by atoms with E-state index >= 15 is 4.39 Å². The summed E-state index contributed by atoms with van der Waals surface area (Å²) in [5, 5.41) is 26.7. The monoisotopic (exact) mass is 494 g/mol. The van der Waals surface area contributed by atoms with Crippen LogP contribution in [0.4, 0.5) is 10.1 Å². The maximum absolute atomic E-state index is 15.3. The van der Waals surface area contributed by atoms with Gasteiger partial charge in [-0.3, -0.25) is 10.1 Å². The lowest BCUT2D eigenvalue weighted by molar-refractivity contribution is -0.139. The Balaban J connectivity index is 1.95. The molecule has 2 aromatic carbocycles. The fourth-order valence-corrected chi connectivity index (χ4v) is 6.09. The summed E-state index contributed by atoms with van der Waals surface area (Å²) < 4.78 is 15.3. The number of hydrogen-bond acceptors (Lipinski definition) is 4. The highest BCUT2D eigenvalue weighted by atomic mass is 35.5. The largest absolute Gasteiger partial charge is 0.480 e. The summed E-state index contributed by atoms with van der Waals surface area (Å²) in [6.45, 7) is 4.12. The number of carbonyl (C=O) groups is 1. The van der Waals surface area contributed by atoms with Gasteiger partial charge in [0.05, 0.1) is 5.02 Å². The molecule has 2 aromatic rings. The molecule has 0 radical (unpaired) electrons. The molecule has 1 aliphatic carbocycles. The van der Waals surface area contributed by atoms with Gasteiger partial charge in [-0.1, -0.05) is 55.2 Å². The number of halogens is 3. The number of aliphatic hydroxyl groups is 1. The summed E-state index contributed by atoms with van der Waals surface area (Å²) in [5.41, 5.74) is 1.27. The predicted molar refractivity (Wildman–Crippen MR) is 129 cm³/mol. The van der Waals surface area contributed by atoms with Crippen molar-refractivity contribution in [2.45, 2.75) is 62.9 Å². The lowest BCUT2D eigenvalue weighted by atomic mass is 9.61. The first-order valence-corrected chi connectivity index (χ1v) is 11.9. The third-order valence-corrected chi connectivity index (χ3v) is 8.01. The summed E-state index contributed by atoms with van der Waals surface area (Å²) >= 11 is 12.4. The Morgan fingerprint density at radius 3 is 2.48 bits per heavy atom. The zero-order valence-electron chi connectivity index (χ0n) is 18.7. The maximum Gasteiger partial charge on any atom is 0.321 e. The van der Waals surface area contributed by atoms with Gasteiger partial charge in [0, 0.05) is 28.1 Å². The van der Waals surface area contributed by atoms with E-state index in [1.807, 2.05) is 6.07 Å². The minimum atomic E-state index is -1.03. The molecule has 1 spiro atoms. The molecule has 3 atom stereocenters. The quantitative estimate of drug-likeness (QED) is 0.397. The van der Waals surface area contributed by atoms with Gasteiger partial charge in [0.15, 0.2) is 0 Å². The molecule has 1 unspecified atom stereocenters. The second-order valence-electron chi connectivity index (χ2n) is 9.99. The number of anilines is 1. The van der Waals surface area contributed by atoms with Crippen molar-refractivity contribution in [2.75, 3.05) is 12.0 Å². The van der Waals surface area contributed by atoms with Crippen LogP contribution >= 0.6 is 23.2 Å². The molecule has 1 saturated carbocycles. The van der Waals surface area contributed by atoms with E-state index in [2.05, 4.69) is 24.5 Å². The Morgan fingerprint density at radius 2 is 1.85 bits per heavy atom. The molecule has 8 heteroatoms. The van der Waals surface area contributed by atoms with E-state index in [-0.39, 0.29) is 28.6 Å². The van der Waals surface area contributed by atoms with E-state index in [1.165, 1.54) is 6.07 Å². The van der Waals surface area contributed by atoms with E-state index in [4.69, 9.17) is 23.2 Å². The number of aliphatic hydroxyl groups excluding tert-OH is 1. The minimum absolute atomic E-state index is 0.0362. The number of hydrogen-bond donors (Lipinski definition) is 4. The van der Waals surface area contributed by atoms with Crippen LogP contribution in [0.5, 0.6) is 0 Å². The second-order valence-corrected chi connectivity index (χ2v) is 10.8. The van der Waals surface area contributed by atoms with E-state index < -0.39 is 29.3 Å². The third kappa shape index (κ3) is 4.46. The first kappa shape index (κ1) is 24.3. The highest BCUT2D eigenvalue weighted by Gasteiger charge is 2.58. The van der Waals surface area contributed by atoms with Gasteiger partial charge in [-0.25, -0.2) is 4.39 Å². The fraction of sp³-hybridized carbons (Fsp3) is 0.480. The van der Waals surface area contributed by atoms with Crippen LogP contribution in [0.1, 0.15) is 62.5 Å². The molecule has 1 heterocycles. The molecule has 0 amide bonds. The zero-order valence-corrected chi connectivity index (χ0v) is 20.2. The molecular weight excluding hydrogens is 466 g/mol. The third-order valence-electron chi connectivity index (χ3n) is 7.48. The van der Waals surface area contributed by atoms with Crippen molar-refractivity contribution in [1.29, 1.82) is 0 Å².